The average Bonchev–Trinajstić information content (AvgIpc) is 3.41. The highest BCUT2D eigenvalue weighted by Crippen LogP contribution is 2.40. The predicted molar refractivity (Wildman–Crippen MR) is 156 cm³/mol. The first-order valence-corrected chi connectivity index (χ1v) is 16.8. The van der Waals surface area contributed by atoms with Crippen LogP contribution in [0.2, 0.25) is 5.02 Å². The summed E-state index contributed by atoms with van der Waals surface area (Å²) in [5, 5.41) is 6.75. The van der Waals surface area contributed by atoms with Gasteiger partial charge in [-0.25, -0.2) is 18.4 Å². The van der Waals surface area contributed by atoms with Gasteiger partial charge in [0, 0.05) is 16.7 Å². The van der Waals surface area contributed by atoms with E-state index in [0.717, 1.165) is 40.8 Å². The number of hydrogen-bond donors (Lipinski definition) is 2. The highest BCUT2D eigenvalue weighted by atomic mass is 35.5. The molecule has 2 unspecified atom stereocenters. The highest BCUT2D eigenvalue weighted by molar-refractivity contribution is 7.98. The number of aryl methyl sites for hydroxylation is 1. The number of nitrogens with zero attached hydrogens (tertiary/aromatic N) is 2. The van der Waals surface area contributed by atoms with Gasteiger partial charge in [0.2, 0.25) is 0 Å². The molecule has 3 aromatic rings. The molecule has 2 aliphatic rings. The number of benzene rings is 1. The summed E-state index contributed by atoms with van der Waals surface area (Å²) in [6.45, 7) is 4.20. The van der Waals surface area contributed by atoms with Crippen molar-refractivity contribution in [1.29, 1.82) is 0 Å². The molecule has 206 valence electrons. The molecule has 5 rings (SSSR count). The summed E-state index contributed by atoms with van der Waals surface area (Å²) in [4.78, 5) is 36.6. The quantitative estimate of drug-likeness (QED) is 0.285. The number of anilines is 1. The third-order valence-electron chi connectivity index (χ3n) is 6.92. The van der Waals surface area contributed by atoms with E-state index in [0.29, 0.717) is 33.8 Å². The van der Waals surface area contributed by atoms with E-state index >= 15 is 0 Å². The van der Waals surface area contributed by atoms with Crippen LogP contribution >= 0.6 is 34.7 Å². The Kier molecular flexibility index (Phi) is 8.32. The summed E-state index contributed by atoms with van der Waals surface area (Å²) in [7, 11) is -3.15. The van der Waals surface area contributed by atoms with Crippen LogP contribution in [-0.4, -0.2) is 47.7 Å². The molecule has 0 radical (unpaired) electrons. The molecule has 1 aliphatic heterocycles. The Bertz CT molecular complexity index is 1540. The van der Waals surface area contributed by atoms with E-state index in [9.17, 15) is 18.0 Å². The minimum Gasteiger partial charge on any atom is -0.348 e. The lowest BCUT2D eigenvalue weighted by molar-refractivity contribution is 0.0941. The summed E-state index contributed by atoms with van der Waals surface area (Å²) < 4.78 is 23.8. The Labute approximate surface area is 241 Å². The van der Waals surface area contributed by atoms with Crippen LogP contribution in [0.4, 0.5) is 5.00 Å². The zero-order chi connectivity index (χ0) is 27.7. The van der Waals surface area contributed by atoms with Gasteiger partial charge < -0.3 is 10.6 Å². The number of carbonyl (C=O) groups is 2. The van der Waals surface area contributed by atoms with Crippen molar-refractivity contribution in [1.82, 2.24) is 15.3 Å². The third-order valence-corrected chi connectivity index (χ3v) is 11.1. The van der Waals surface area contributed by atoms with Gasteiger partial charge in [-0.3, -0.25) is 9.59 Å². The molecule has 2 aromatic heterocycles. The number of hydrogen-bond acceptors (Lipinski definition) is 8. The number of halogens is 1. The van der Waals surface area contributed by atoms with E-state index in [1.165, 1.54) is 29.3 Å². The van der Waals surface area contributed by atoms with Crippen molar-refractivity contribution in [2.75, 3.05) is 16.8 Å². The molecule has 12 heteroatoms. The van der Waals surface area contributed by atoms with Crippen molar-refractivity contribution in [3.8, 4) is 0 Å². The Hall–Kier alpha value is -2.47. The molecule has 8 nitrogen and oxygen atoms in total. The van der Waals surface area contributed by atoms with Gasteiger partial charge in [-0.1, -0.05) is 60.1 Å². The van der Waals surface area contributed by atoms with Gasteiger partial charge in [-0.15, -0.1) is 11.3 Å². The molecular weight excluding hydrogens is 576 g/mol. The molecule has 2 atom stereocenters. The van der Waals surface area contributed by atoms with E-state index in [1.54, 1.807) is 0 Å². The van der Waals surface area contributed by atoms with E-state index < -0.39 is 21.8 Å². The van der Waals surface area contributed by atoms with Crippen molar-refractivity contribution < 1.29 is 18.0 Å². The second kappa shape index (κ2) is 11.6. The van der Waals surface area contributed by atoms with Crippen LogP contribution in [0.3, 0.4) is 0 Å². The molecule has 2 N–H and O–H groups in total. The first kappa shape index (κ1) is 28.1. The van der Waals surface area contributed by atoms with Gasteiger partial charge in [0.1, 0.15) is 5.00 Å². The fourth-order valence-electron chi connectivity index (χ4n) is 4.94. The lowest BCUT2D eigenvalue weighted by atomic mass is 9.88. The van der Waals surface area contributed by atoms with Crippen LogP contribution in [0.15, 0.2) is 35.6 Å². The van der Waals surface area contributed by atoms with Crippen molar-refractivity contribution >= 4 is 61.4 Å². The number of sulfone groups is 1. The number of thioether (sulfide) groups is 1. The molecule has 1 aromatic carbocycles. The molecule has 0 spiro atoms. The maximum Gasteiger partial charge on any atom is 0.276 e. The predicted octanol–water partition coefficient (Wildman–Crippen LogP) is 5.09. The van der Waals surface area contributed by atoms with Gasteiger partial charge in [0.05, 0.1) is 28.3 Å². The van der Waals surface area contributed by atoms with E-state index in [2.05, 4.69) is 33.6 Å². The Balaban J connectivity index is 1.37. The molecule has 1 aliphatic carbocycles. The normalized spacial score (nSPS) is 19.9. The SMILES string of the molecule is Cc1cccc(CSc2ncc(Cl)c(C(=O)Nc3sc4c(c3C(=O)NC3CCS(=O)(=O)C3)CCC(C)C4)n2)c1. The first-order chi connectivity index (χ1) is 18.6. The maximum absolute atomic E-state index is 13.4. The Morgan fingerprint density at radius 1 is 1.23 bits per heavy atom. The van der Waals surface area contributed by atoms with E-state index in [-0.39, 0.29) is 28.1 Å². The van der Waals surface area contributed by atoms with Gasteiger partial charge in [-0.2, -0.15) is 0 Å². The summed E-state index contributed by atoms with van der Waals surface area (Å²) in [6.07, 6.45) is 4.29. The minimum atomic E-state index is -3.15. The fraction of sp³-hybridized carbons (Fsp3) is 0.407. The van der Waals surface area contributed by atoms with E-state index in [4.69, 9.17) is 11.6 Å². The molecule has 0 bridgehead atoms. The van der Waals surface area contributed by atoms with Gasteiger partial charge in [-0.05, 0) is 49.7 Å². The van der Waals surface area contributed by atoms with Crippen LogP contribution < -0.4 is 10.6 Å². The fourth-order valence-corrected chi connectivity index (χ4v) is 8.95. The van der Waals surface area contributed by atoms with Crippen LogP contribution in [0, 0.1) is 12.8 Å². The second-order valence-electron chi connectivity index (χ2n) is 10.2. The molecule has 39 heavy (non-hydrogen) atoms. The summed E-state index contributed by atoms with van der Waals surface area (Å²) in [5.41, 5.74) is 3.65. The van der Waals surface area contributed by atoms with Crippen LogP contribution in [0.25, 0.3) is 0 Å². The van der Waals surface area contributed by atoms with Crippen LogP contribution in [-0.2, 0) is 28.4 Å². The van der Waals surface area contributed by atoms with Gasteiger partial charge >= 0.3 is 0 Å². The maximum atomic E-state index is 13.4. The van der Waals surface area contributed by atoms with Crippen LogP contribution in [0.1, 0.15) is 62.2 Å². The largest absolute Gasteiger partial charge is 0.348 e. The molecule has 1 saturated heterocycles. The topological polar surface area (TPSA) is 118 Å². The number of carbonyl (C=O) groups excluding carboxylic acids is 2. The lowest BCUT2D eigenvalue weighted by Crippen LogP contribution is -2.36. The van der Waals surface area contributed by atoms with Crippen LogP contribution in [0.5, 0.6) is 0 Å². The molecule has 2 amide bonds. The third kappa shape index (κ3) is 6.65. The average molecular weight is 605 g/mol. The smallest absolute Gasteiger partial charge is 0.276 e. The highest BCUT2D eigenvalue weighted by Gasteiger charge is 2.33. The number of amides is 2. The summed E-state index contributed by atoms with van der Waals surface area (Å²) in [6, 6.07) is 7.70. The lowest BCUT2D eigenvalue weighted by Gasteiger charge is -2.19. The number of aromatic nitrogens is 2. The first-order valence-electron chi connectivity index (χ1n) is 12.8. The van der Waals surface area contributed by atoms with Crippen molar-refractivity contribution in [3.63, 3.8) is 0 Å². The Morgan fingerprint density at radius 3 is 2.79 bits per heavy atom. The monoisotopic (exact) mass is 604 g/mol. The van der Waals surface area contributed by atoms with E-state index in [1.807, 2.05) is 25.1 Å². The van der Waals surface area contributed by atoms with Crippen molar-refractivity contribution in [2.24, 2.45) is 5.92 Å². The number of nitrogens with one attached hydrogen (secondary N) is 2. The molecular formula is C27H29ClN4O4S3. The number of fused-ring (bicyclic) bond motifs is 1. The summed E-state index contributed by atoms with van der Waals surface area (Å²) in [5.74, 6) is 0.230. The van der Waals surface area contributed by atoms with Gasteiger partial charge in [0.15, 0.2) is 20.7 Å². The standard InChI is InChI=1S/C27H29ClN4O4S3/c1-15-4-3-5-17(10-15)13-37-27-29-12-20(28)23(31-27)25(34)32-26-22(19-7-6-16(2)11-21(19)38-26)24(33)30-18-8-9-39(35,36)14-18/h3-5,10,12,16,18H,6-9,11,13-14H2,1-2H3,(H,30,33)(H,32,34). The zero-order valence-corrected chi connectivity index (χ0v) is 24.8. The van der Waals surface area contributed by atoms with Gasteiger partial charge in [0.25, 0.3) is 11.8 Å². The summed E-state index contributed by atoms with van der Waals surface area (Å²) >= 11 is 9.13. The molecule has 1 fully saturated rings. The number of thiophene rings is 1. The number of rotatable bonds is 7. The molecule has 3 heterocycles. The second-order valence-corrected chi connectivity index (χ2v) is 14.9. The zero-order valence-electron chi connectivity index (χ0n) is 21.6. The van der Waals surface area contributed by atoms with Crippen molar-refractivity contribution in [2.45, 2.75) is 56.5 Å². The molecule has 0 saturated carbocycles. The van der Waals surface area contributed by atoms with Crippen molar-refractivity contribution in [3.05, 3.63) is 68.3 Å². The minimum absolute atomic E-state index is 0.0337. The Morgan fingerprint density at radius 2 is 2.05 bits per heavy atom.